The summed E-state index contributed by atoms with van der Waals surface area (Å²) in [7, 11) is 0. The molecule has 1 aliphatic rings. The van der Waals surface area contributed by atoms with Crippen molar-refractivity contribution >= 4 is 34.6 Å². The fraction of sp³-hybridized carbons (Fsp3) is 0.125. The van der Waals surface area contributed by atoms with E-state index in [1.165, 1.54) is 0 Å². The van der Waals surface area contributed by atoms with Gasteiger partial charge in [-0.15, -0.1) is 16.8 Å². The molecule has 1 aromatic heterocycles. The first kappa shape index (κ1) is 15.9. The standard InChI is InChI=1S/C16H14N4O3S/c1-3-8-20-9(2)13(15(22)23)24-16(20)19-18-12-10-6-4-5-7-11(10)17-14(12)21/h3-7H,1,8H2,2H3,(H,22,23)(H,17,18,21)/b19-16-. The molecule has 0 radical (unpaired) electrons. The summed E-state index contributed by atoms with van der Waals surface area (Å²) in [6.45, 7) is 5.77. The predicted molar refractivity (Wildman–Crippen MR) is 91.4 cm³/mol. The molecule has 24 heavy (non-hydrogen) atoms. The lowest BCUT2D eigenvalue weighted by Crippen LogP contribution is -2.17. The molecule has 2 aromatic rings. The van der Waals surface area contributed by atoms with Crippen LogP contribution in [0.25, 0.3) is 0 Å². The van der Waals surface area contributed by atoms with Crippen LogP contribution in [0.5, 0.6) is 0 Å². The lowest BCUT2D eigenvalue weighted by atomic mass is 10.1. The SMILES string of the molecule is C=CCn1c(C)c(C(=O)O)s/c1=N\N=C1/C(=O)Nc2ccccc21. The van der Waals surface area contributed by atoms with Gasteiger partial charge in [0.05, 0.1) is 5.69 Å². The highest BCUT2D eigenvalue weighted by molar-refractivity contribution is 7.11. The Morgan fingerprint density at radius 1 is 1.42 bits per heavy atom. The molecule has 0 saturated carbocycles. The monoisotopic (exact) mass is 342 g/mol. The van der Waals surface area contributed by atoms with E-state index >= 15 is 0 Å². The number of nitrogens with zero attached hydrogens (tertiary/aromatic N) is 3. The van der Waals surface area contributed by atoms with Crippen LogP contribution in [0.4, 0.5) is 5.69 Å². The molecule has 0 fully saturated rings. The molecule has 0 saturated heterocycles. The normalized spacial score (nSPS) is 15.5. The van der Waals surface area contributed by atoms with Crippen molar-refractivity contribution in [3.63, 3.8) is 0 Å². The molecule has 122 valence electrons. The Hall–Kier alpha value is -3.00. The number of allylic oxidation sites excluding steroid dienone is 1. The van der Waals surface area contributed by atoms with Crippen LogP contribution < -0.4 is 10.1 Å². The molecule has 0 unspecified atom stereocenters. The Kier molecular flexibility index (Phi) is 4.13. The fourth-order valence-corrected chi connectivity index (χ4v) is 3.33. The first-order chi connectivity index (χ1) is 11.5. The number of fused-ring (bicyclic) bond motifs is 1. The minimum Gasteiger partial charge on any atom is -0.477 e. The highest BCUT2D eigenvalue weighted by atomic mass is 32.1. The molecule has 2 N–H and O–H groups in total. The summed E-state index contributed by atoms with van der Waals surface area (Å²) in [5.74, 6) is -1.35. The number of thiazole rings is 1. The van der Waals surface area contributed by atoms with Crippen LogP contribution >= 0.6 is 11.3 Å². The number of benzene rings is 1. The zero-order valence-corrected chi connectivity index (χ0v) is 13.6. The van der Waals surface area contributed by atoms with Gasteiger partial charge in [0.25, 0.3) is 5.91 Å². The molecule has 1 amide bonds. The Labute approximate surface area is 141 Å². The number of carboxylic acids is 1. The van der Waals surface area contributed by atoms with E-state index < -0.39 is 5.97 Å². The van der Waals surface area contributed by atoms with E-state index in [1.807, 2.05) is 12.1 Å². The molecular weight excluding hydrogens is 328 g/mol. The molecule has 1 aliphatic heterocycles. The largest absolute Gasteiger partial charge is 0.477 e. The summed E-state index contributed by atoms with van der Waals surface area (Å²) in [4.78, 5) is 23.9. The van der Waals surface area contributed by atoms with Crippen LogP contribution in [0.2, 0.25) is 0 Å². The maximum atomic E-state index is 12.0. The Bertz CT molecular complexity index is 952. The van der Waals surface area contributed by atoms with Gasteiger partial charge in [-0.3, -0.25) is 4.79 Å². The van der Waals surface area contributed by atoms with Crippen molar-refractivity contribution in [2.45, 2.75) is 13.5 Å². The van der Waals surface area contributed by atoms with Crippen molar-refractivity contribution in [2.24, 2.45) is 10.2 Å². The van der Waals surface area contributed by atoms with E-state index in [9.17, 15) is 14.7 Å². The van der Waals surface area contributed by atoms with E-state index in [4.69, 9.17) is 0 Å². The van der Waals surface area contributed by atoms with Gasteiger partial charge in [0.15, 0.2) is 5.71 Å². The topological polar surface area (TPSA) is 96.1 Å². The smallest absolute Gasteiger partial charge is 0.347 e. The number of para-hydroxylation sites is 1. The third kappa shape index (κ3) is 2.67. The summed E-state index contributed by atoms with van der Waals surface area (Å²) >= 11 is 1.01. The van der Waals surface area contributed by atoms with Gasteiger partial charge in [0, 0.05) is 17.8 Å². The van der Waals surface area contributed by atoms with Crippen molar-refractivity contribution in [2.75, 3.05) is 5.32 Å². The maximum absolute atomic E-state index is 12.0. The van der Waals surface area contributed by atoms with Crippen LogP contribution in [0.1, 0.15) is 20.9 Å². The van der Waals surface area contributed by atoms with Gasteiger partial charge in [0.1, 0.15) is 4.88 Å². The first-order valence-electron chi connectivity index (χ1n) is 7.09. The third-order valence-electron chi connectivity index (χ3n) is 3.54. The number of hydrogen-bond donors (Lipinski definition) is 2. The van der Waals surface area contributed by atoms with Crippen molar-refractivity contribution in [1.82, 2.24) is 4.57 Å². The van der Waals surface area contributed by atoms with Gasteiger partial charge in [-0.25, -0.2) is 4.79 Å². The van der Waals surface area contributed by atoms with Gasteiger partial charge < -0.3 is 15.0 Å². The van der Waals surface area contributed by atoms with Gasteiger partial charge in [0.2, 0.25) is 4.80 Å². The van der Waals surface area contributed by atoms with E-state index in [1.54, 1.807) is 29.7 Å². The second kappa shape index (κ2) is 6.25. The summed E-state index contributed by atoms with van der Waals surface area (Å²) in [5.41, 5.74) is 2.14. The molecule has 0 spiro atoms. The lowest BCUT2D eigenvalue weighted by molar-refractivity contribution is -0.110. The van der Waals surface area contributed by atoms with E-state index in [-0.39, 0.29) is 16.5 Å². The summed E-state index contributed by atoms with van der Waals surface area (Å²) in [6.07, 6.45) is 1.65. The van der Waals surface area contributed by atoms with Crippen LogP contribution in [0, 0.1) is 6.92 Å². The van der Waals surface area contributed by atoms with Gasteiger partial charge >= 0.3 is 5.97 Å². The van der Waals surface area contributed by atoms with E-state index in [0.717, 1.165) is 11.3 Å². The van der Waals surface area contributed by atoms with E-state index in [0.29, 0.717) is 28.3 Å². The maximum Gasteiger partial charge on any atom is 0.347 e. The highest BCUT2D eigenvalue weighted by Crippen LogP contribution is 2.22. The minimum absolute atomic E-state index is 0.187. The van der Waals surface area contributed by atoms with Crippen LogP contribution in [-0.2, 0) is 11.3 Å². The molecule has 0 atom stereocenters. The number of amides is 1. The molecule has 8 heteroatoms. The number of hydrogen-bond acceptors (Lipinski definition) is 5. The summed E-state index contributed by atoms with van der Waals surface area (Å²) in [5, 5.41) is 20.2. The molecule has 3 rings (SSSR count). The number of aromatic carboxylic acids is 1. The minimum atomic E-state index is -1.02. The van der Waals surface area contributed by atoms with Gasteiger partial charge in [-0.05, 0) is 13.0 Å². The average molecular weight is 342 g/mol. The zero-order valence-electron chi connectivity index (χ0n) is 12.8. The summed E-state index contributed by atoms with van der Waals surface area (Å²) < 4.78 is 1.70. The van der Waals surface area contributed by atoms with Crippen molar-refractivity contribution in [3.8, 4) is 0 Å². The number of aromatic nitrogens is 1. The highest BCUT2D eigenvalue weighted by Gasteiger charge is 2.25. The van der Waals surface area contributed by atoms with Gasteiger partial charge in [-0.2, -0.15) is 0 Å². The van der Waals surface area contributed by atoms with Crippen LogP contribution in [0.15, 0.2) is 47.1 Å². The molecule has 7 nitrogen and oxygen atoms in total. The molecule has 0 bridgehead atoms. The van der Waals surface area contributed by atoms with E-state index in [2.05, 4.69) is 22.1 Å². The predicted octanol–water partition coefficient (Wildman–Crippen LogP) is 2.00. The first-order valence-corrected chi connectivity index (χ1v) is 7.91. The molecular formula is C16H14N4O3S. The molecule has 2 heterocycles. The Morgan fingerprint density at radius 3 is 2.88 bits per heavy atom. The zero-order chi connectivity index (χ0) is 17.3. The quantitative estimate of drug-likeness (QED) is 0.657. The number of anilines is 1. The van der Waals surface area contributed by atoms with Crippen LogP contribution in [-0.4, -0.2) is 27.3 Å². The van der Waals surface area contributed by atoms with Crippen LogP contribution in [0.3, 0.4) is 0 Å². The number of rotatable bonds is 4. The number of carbonyl (C=O) groups is 2. The van der Waals surface area contributed by atoms with Crippen molar-refractivity contribution < 1.29 is 14.7 Å². The number of carbonyl (C=O) groups excluding carboxylic acids is 1. The van der Waals surface area contributed by atoms with Crippen molar-refractivity contribution in [3.05, 3.63) is 57.9 Å². The third-order valence-corrected chi connectivity index (χ3v) is 4.70. The molecule has 1 aromatic carbocycles. The second-order valence-corrected chi connectivity index (χ2v) is 6.03. The number of carboxylic acid groups (broad SMARTS) is 1. The summed E-state index contributed by atoms with van der Waals surface area (Å²) in [6, 6.07) is 7.19. The van der Waals surface area contributed by atoms with Crippen molar-refractivity contribution in [1.29, 1.82) is 0 Å². The Morgan fingerprint density at radius 2 is 2.17 bits per heavy atom. The lowest BCUT2D eigenvalue weighted by Gasteiger charge is -2.00. The second-order valence-electron chi connectivity index (χ2n) is 5.05. The fourth-order valence-electron chi connectivity index (χ4n) is 2.40. The average Bonchev–Trinajstić information content (AvgIpc) is 3.03. The van der Waals surface area contributed by atoms with Gasteiger partial charge in [-0.1, -0.05) is 35.6 Å². The molecule has 0 aliphatic carbocycles. The number of nitrogens with one attached hydrogen (secondary N) is 1. The Balaban J connectivity index is 2.13.